The van der Waals surface area contributed by atoms with Gasteiger partial charge in [0, 0.05) is 10.6 Å². The van der Waals surface area contributed by atoms with Crippen LogP contribution in [-0.2, 0) is 19.7 Å². The number of ether oxygens (including phenoxy) is 1. The molecular formula is C22H20ClF3N6O4. The minimum atomic E-state index is -4.94. The average molecular weight is 525 g/mol. The van der Waals surface area contributed by atoms with Gasteiger partial charge in [0.15, 0.2) is 23.6 Å². The highest BCUT2D eigenvalue weighted by atomic mass is 35.5. The number of hydrogen-bond acceptors (Lipinski definition) is 7. The van der Waals surface area contributed by atoms with Crippen molar-refractivity contribution in [3.8, 4) is 22.8 Å². The van der Waals surface area contributed by atoms with Gasteiger partial charge in [0.1, 0.15) is 24.6 Å². The maximum atomic E-state index is 13.1. The van der Waals surface area contributed by atoms with E-state index in [1.807, 2.05) is 0 Å². The van der Waals surface area contributed by atoms with Gasteiger partial charge in [0.05, 0.1) is 13.7 Å². The van der Waals surface area contributed by atoms with Crippen molar-refractivity contribution in [1.29, 1.82) is 0 Å². The Morgan fingerprint density at radius 3 is 2.44 bits per heavy atom. The summed E-state index contributed by atoms with van der Waals surface area (Å²) >= 11 is 5.90. The van der Waals surface area contributed by atoms with Crippen LogP contribution in [0.4, 0.5) is 13.2 Å². The molecule has 0 amide bonds. The van der Waals surface area contributed by atoms with Crippen molar-refractivity contribution in [2.24, 2.45) is 0 Å². The van der Waals surface area contributed by atoms with Crippen molar-refractivity contribution in [2.45, 2.75) is 32.0 Å². The topological polar surface area (TPSA) is 120 Å². The van der Waals surface area contributed by atoms with Gasteiger partial charge >= 0.3 is 11.9 Å². The summed E-state index contributed by atoms with van der Waals surface area (Å²) in [5.74, 6) is 0.561. The maximum absolute atomic E-state index is 13.1. The minimum Gasteiger partial charge on any atom is -0.494 e. The molecule has 4 aromatic rings. The largest absolute Gasteiger partial charge is 0.494 e. The molecule has 2 aromatic carbocycles. The molecule has 2 aromatic heterocycles. The number of methoxy groups -OCH3 is 1. The quantitative estimate of drug-likeness (QED) is 0.363. The van der Waals surface area contributed by atoms with E-state index in [1.165, 1.54) is 36.1 Å². The Morgan fingerprint density at radius 2 is 1.81 bits per heavy atom. The molecular weight excluding hydrogens is 505 g/mol. The van der Waals surface area contributed by atoms with Crippen LogP contribution in [0.5, 0.6) is 5.75 Å². The van der Waals surface area contributed by atoms with Crippen molar-refractivity contribution >= 4 is 11.6 Å². The summed E-state index contributed by atoms with van der Waals surface area (Å²) in [6.07, 6.45) is -7.73. The molecule has 2 N–H and O–H groups in total. The summed E-state index contributed by atoms with van der Waals surface area (Å²) in [5, 5.41) is 28.3. The van der Waals surface area contributed by atoms with E-state index in [0.717, 1.165) is 9.25 Å². The Hall–Kier alpha value is -3.68. The van der Waals surface area contributed by atoms with Crippen LogP contribution >= 0.6 is 11.6 Å². The Balaban J connectivity index is 1.76. The fourth-order valence-corrected chi connectivity index (χ4v) is 3.62. The third kappa shape index (κ3) is 5.12. The van der Waals surface area contributed by atoms with E-state index in [2.05, 4.69) is 15.2 Å². The van der Waals surface area contributed by atoms with E-state index in [4.69, 9.17) is 16.3 Å². The van der Waals surface area contributed by atoms with E-state index in [1.54, 1.807) is 24.3 Å². The molecule has 10 nitrogen and oxygen atoms in total. The zero-order chi connectivity index (χ0) is 26.0. The molecule has 0 aliphatic carbocycles. The van der Waals surface area contributed by atoms with Gasteiger partial charge < -0.3 is 14.9 Å². The van der Waals surface area contributed by atoms with E-state index in [0.29, 0.717) is 22.0 Å². The van der Waals surface area contributed by atoms with Crippen LogP contribution < -0.4 is 10.4 Å². The highest BCUT2D eigenvalue weighted by Crippen LogP contribution is 2.25. The maximum Gasteiger partial charge on any atom is 0.416 e. The Bertz CT molecular complexity index is 1410. The fraction of sp³-hybridized carbons (Fsp3) is 0.273. The molecule has 0 bridgehead atoms. The Kier molecular flexibility index (Phi) is 7.15. The normalized spacial score (nSPS) is 12.6. The van der Waals surface area contributed by atoms with Crippen LogP contribution in [0.1, 0.15) is 11.6 Å². The number of benzene rings is 2. The van der Waals surface area contributed by atoms with Crippen LogP contribution in [0, 0.1) is 0 Å². The summed E-state index contributed by atoms with van der Waals surface area (Å²) < 4.78 is 47.4. The molecule has 190 valence electrons. The standard InChI is InChI=1S/C22H20ClF3N6O4/c1-36-16-5-3-2-4-15(16)32-19(12-33)27-18(28-32)11-31-21(35)30(10-17(34)22(24,25)26)20(29-31)13-6-8-14(23)9-7-13/h2-9,17,33-34H,10-12H2,1H3/t17-/m0/s1. The van der Waals surface area contributed by atoms with E-state index in [9.17, 15) is 28.2 Å². The van der Waals surface area contributed by atoms with Gasteiger partial charge in [-0.3, -0.25) is 4.57 Å². The van der Waals surface area contributed by atoms with Crippen LogP contribution in [0.25, 0.3) is 17.1 Å². The third-order valence-corrected chi connectivity index (χ3v) is 5.47. The van der Waals surface area contributed by atoms with Crippen molar-refractivity contribution in [1.82, 2.24) is 29.1 Å². The van der Waals surface area contributed by atoms with Crippen molar-refractivity contribution in [3.63, 3.8) is 0 Å². The monoisotopic (exact) mass is 524 g/mol. The predicted molar refractivity (Wildman–Crippen MR) is 122 cm³/mol. The number of aromatic nitrogens is 6. The number of nitrogens with zero attached hydrogens (tertiary/aromatic N) is 6. The first kappa shape index (κ1) is 25.4. The smallest absolute Gasteiger partial charge is 0.416 e. The first-order valence-corrected chi connectivity index (χ1v) is 10.9. The van der Waals surface area contributed by atoms with Gasteiger partial charge in [-0.2, -0.15) is 13.2 Å². The average Bonchev–Trinajstić information content (AvgIpc) is 3.40. The van der Waals surface area contributed by atoms with Gasteiger partial charge in [0.25, 0.3) is 0 Å². The first-order valence-electron chi connectivity index (χ1n) is 10.5. The summed E-state index contributed by atoms with van der Waals surface area (Å²) in [7, 11) is 1.47. The lowest BCUT2D eigenvalue weighted by Crippen LogP contribution is -2.37. The third-order valence-electron chi connectivity index (χ3n) is 5.22. The van der Waals surface area contributed by atoms with Gasteiger partial charge in [-0.15, -0.1) is 10.2 Å². The lowest BCUT2D eigenvalue weighted by Gasteiger charge is -2.15. The molecule has 2 heterocycles. The lowest BCUT2D eigenvalue weighted by atomic mass is 10.2. The molecule has 0 spiro atoms. The minimum absolute atomic E-state index is 0.0655. The molecule has 0 unspecified atom stereocenters. The van der Waals surface area contributed by atoms with Crippen LogP contribution in [-0.4, -0.2) is 58.7 Å². The van der Waals surface area contributed by atoms with Gasteiger partial charge in [-0.1, -0.05) is 23.7 Å². The summed E-state index contributed by atoms with van der Waals surface area (Å²) in [6.45, 7) is -1.86. The summed E-state index contributed by atoms with van der Waals surface area (Å²) in [5.41, 5.74) is -0.119. The second-order valence-corrected chi connectivity index (χ2v) is 8.06. The number of alkyl halides is 3. The number of aliphatic hydroxyl groups is 2. The van der Waals surface area contributed by atoms with Crippen LogP contribution in [0.15, 0.2) is 53.3 Å². The van der Waals surface area contributed by atoms with Crippen molar-refractivity contribution in [3.05, 3.63) is 75.7 Å². The molecule has 0 aliphatic heterocycles. The van der Waals surface area contributed by atoms with Crippen molar-refractivity contribution < 1.29 is 28.1 Å². The SMILES string of the molecule is COc1ccccc1-n1nc(Cn2nc(-c3ccc(Cl)cc3)n(C[C@H](O)C(F)(F)F)c2=O)nc1CO. The second-order valence-electron chi connectivity index (χ2n) is 7.62. The fourth-order valence-electron chi connectivity index (χ4n) is 3.49. The number of hydrogen-bond donors (Lipinski definition) is 2. The number of halogens is 4. The summed E-state index contributed by atoms with van der Waals surface area (Å²) in [6, 6.07) is 12.8. The first-order chi connectivity index (χ1) is 17.1. The summed E-state index contributed by atoms with van der Waals surface area (Å²) in [4.78, 5) is 17.3. The van der Waals surface area contributed by atoms with E-state index >= 15 is 0 Å². The number of rotatable bonds is 8. The molecule has 36 heavy (non-hydrogen) atoms. The number of aliphatic hydroxyl groups excluding tert-OH is 2. The van der Waals surface area contributed by atoms with Crippen molar-refractivity contribution in [2.75, 3.05) is 7.11 Å². The molecule has 0 saturated carbocycles. The molecule has 14 heteroatoms. The molecule has 1 atom stereocenters. The highest BCUT2D eigenvalue weighted by Gasteiger charge is 2.39. The Labute approximate surface area is 206 Å². The van der Waals surface area contributed by atoms with Crippen LogP contribution in [0.2, 0.25) is 5.02 Å². The zero-order valence-electron chi connectivity index (χ0n) is 18.7. The van der Waals surface area contributed by atoms with E-state index in [-0.39, 0.29) is 24.0 Å². The Morgan fingerprint density at radius 1 is 1.11 bits per heavy atom. The molecule has 0 saturated heterocycles. The lowest BCUT2D eigenvalue weighted by molar-refractivity contribution is -0.207. The van der Waals surface area contributed by atoms with Gasteiger partial charge in [-0.05, 0) is 36.4 Å². The second kappa shape index (κ2) is 10.1. The molecule has 0 radical (unpaired) electrons. The number of para-hydroxylation sites is 2. The van der Waals surface area contributed by atoms with Gasteiger partial charge in [-0.25, -0.2) is 19.1 Å². The molecule has 0 aliphatic rings. The molecule has 0 fully saturated rings. The molecule has 4 rings (SSSR count). The van der Waals surface area contributed by atoms with Crippen LogP contribution in [0.3, 0.4) is 0 Å². The van der Waals surface area contributed by atoms with Gasteiger partial charge in [0.2, 0.25) is 0 Å². The highest BCUT2D eigenvalue weighted by molar-refractivity contribution is 6.30. The van der Waals surface area contributed by atoms with E-state index < -0.39 is 31.1 Å². The zero-order valence-corrected chi connectivity index (χ0v) is 19.5. The predicted octanol–water partition coefficient (Wildman–Crippen LogP) is 2.42.